The van der Waals surface area contributed by atoms with Gasteiger partial charge in [0.1, 0.15) is 5.76 Å². The van der Waals surface area contributed by atoms with Crippen LogP contribution in [0.1, 0.15) is 53.2 Å². The van der Waals surface area contributed by atoms with Crippen molar-refractivity contribution < 1.29 is 23.9 Å². The summed E-state index contributed by atoms with van der Waals surface area (Å²) in [4.78, 5) is 36.3. The van der Waals surface area contributed by atoms with Gasteiger partial charge in [0, 0.05) is 22.6 Å². The van der Waals surface area contributed by atoms with Crippen LogP contribution in [0.2, 0.25) is 0 Å². The molecule has 1 aliphatic carbocycles. The Hall–Kier alpha value is -2.43. The molecule has 120 valence electrons. The highest BCUT2D eigenvalue weighted by Gasteiger charge is 2.39. The molecule has 1 atom stereocenters. The van der Waals surface area contributed by atoms with Gasteiger partial charge in [-0.1, -0.05) is 12.1 Å². The Labute approximate surface area is 134 Å². The molecule has 1 aromatic carbocycles. The van der Waals surface area contributed by atoms with Crippen molar-refractivity contribution >= 4 is 23.3 Å². The molecule has 0 bridgehead atoms. The number of aryl methyl sites for hydroxylation is 1. The first-order chi connectivity index (χ1) is 11.0. The van der Waals surface area contributed by atoms with Gasteiger partial charge in [-0.2, -0.15) is 0 Å². The molecule has 1 aromatic rings. The molecule has 1 aliphatic heterocycles. The predicted octanol–water partition coefficient (Wildman–Crippen LogP) is 2.56. The second-order valence-electron chi connectivity index (χ2n) is 5.85. The van der Waals surface area contributed by atoms with Crippen molar-refractivity contribution in [2.24, 2.45) is 0 Å². The minimum Gasteiger partial charge on any atom is -0.492 e. The number of ketones is 2. The van der Waals surface area contributed by atoms with Crippen molar-refractivity contribution in [3.63, 3.8) is 0 Å². The molecular weight excluding hydrogens is 296 g/mol. The molecule has 3 rings (SSSR count). The smallest absolute Gasteiger partial charge is 0.306 e. The number of hydrogen-bond donors (Lipinski definition) is 0. The Morgan fingerprint density at radius 3 is 2.65 bits per heavy atom. The van der Waals surface area contributed by atoms with Crippen LogP contribution in [0, 0.1) is 6.92 Å². The molecule has 0 aromatic heterocycles. The van der Waals surface area contributed by atoms with Gasteiger partial charge >= 0.3 is 5.97 Å². The SMILES string of the molecule is CCOC(=O)CC1COC2=C(C)C(=O)C(=O)c3c(C)ccc1c32. The van der Waals surface area contributed by atoms with Crippen LogP contribution in [0.5, 0.6) is 0 Å². The number of ether oxygens (including phenoxy) is 2. The summed E-state index contributed by atoms with van der Waals surface area (Å²) in [6, 6.07) is 3.73. The molecule has 1 heterocycles. The number of Topliss-reactive ketones (excluding diaryl/α,β-unsaturated/α-hetero) is 2. The van der Waals surface area contributed by atoms with Crippen molar-refractivity contribution in [3.8, 4) is 0 Å². The summed E-state index contributed by atoms with van der Waals surface area (Å²) < 4.78 is 10.8. The Kier molecular flexibility index (Phi) is 3.80. The first kappa shape index (κ1) is 15.5. The van der Waals surface area contributed by atoms with E-state index in [2.05, 4.69) is 0 Å². The Bertz CT molecular complexity index is 757. The Morgan fingerprint density at radius 1 is 1.22 bits per heavy atom. The van der Waals surface area contributed by atoms with E-state index in [1.807, 2.05) is 12.1 Å². The van der Waals surface area contributed by atoms with Gasteiger partial charge in [0.25, 0.3) is 0 Å². The molecule has 0 N–H and O–H groups in total. The fraction of sp³-hybridized carbons (Fsp3) is 0.389. The van der Waals surface area contributed by atoms with Crippen LogP contribution in [0.25, 0.3) is 5.76 Å². The van der Waals surface area contributed by atoms with Crippen molar-refractivity contribution in [1.82, 2.24) is 0 Å². The minimum absolute atomic E-state index is 0.180. The average molecular weight is 314 g/mol. The molecule has 5 heteroatoms. The van der Waals surface area contributed by atoms with Crippen molar-refractivity contribution in [2.45, 2.75) is 33.1 Å². The zero-order chi connectivity index (χ0) is 16.7. The summed E-state index contributed by atoms with van der Waals surface area (Å²) in [5.74, 6) is -1.01. The number of benzene rings is 1. The molecule has 0 radical (unpaired) electrons. The quantitative estimate of drug-likeness (QED) is 0.633. The molecule has 5 nitrogen and oxygen atoms in total. The largest absolute Gasteiger partial charge is 0.492 e. The maximum absolute atomic E-state index is 12.4. The average Bonchev–Trinajstić information content (AvgIpc) is 2.52. The van der Waals surface area contributed by atoms with Gasteiger partial charge in [0.2, 0.25) is 11.6 Å². The second-order valence-corrected chi connectivity index (χ2v) is 5.85. The first-order valence-corrected chi connectivity index (χ1v) is 7.67. The lowest BCUT2D eigenvalue weighted by molar-refractivity contribution is -0.143. The number of esters is 1. The zero-order valence-electron chi connectivity index (χ0n) is 13.4. The van der Waals surface area contributed by atoms with Crippen molar-refractivity contribution in [1.29, 1.82) is 0 Å². The van der Waals surface area contributed by atoms with Crippen molar-refractivity contribution in [3.05, 3.63) is 40.0 Å². The molecule has 2 aliphatic rings. The third-order valence-corrected chi connectivity index (χ3v) is 4.37. The molecule has 0 saturated heterocycles. The van der Waals surface area contributed by atoms with E-state index in [9.17, 15) is 14.4 Å². The lowest BCUT2D eigenvalue weighted by Crippen LogP contribution is -2.30. The van der Waals surface area contributed by atoms with Gasteiger partial charge in [0.05, 0.1) is 19.6 Å². The lowest BCUT2D eigenvalue weighted by atomic mass is 9.78. The highest BCUT2D eigenvalue weighted by Crippen LogP contribution is 2.42. The lowest BCUT2D eigenvalue weighted by Gasteiger charge is -2.32. The summed E-state index contributed by atoms with van der Waals surface area (Å²) >= 11 is 0. The van der Waals surface area contributed by atoms with E-state index in [-0.39, 0.29) is 18.3 Å². The molecule has 0 amide bonds. The zero-order valence-corrected chi connectivity index (χ0v) is 13.4. The normalized spacial score (nSPS) is 19.3. The summed E-state index contributed by atoms with van der Waals surface area (Å²) in [6.45, 7) is 5.79. The molecule has 1 unspecified atom stereocenters. The van der Waals surface area contributed by atoms with Crippen LogP contribution in [-0.2, 0) is 19.1 Å². The van der Waals surface area contributed by atoms with Crippen LogP contribution < -0.4 is 0 Å². The first-order valence-electron chi connectivity index (χ1n) is 7.67. The van der Waals surface area contributed by atoms with Crippen LogP contribution in [0.15, 0.2) is 17.7 Å². The van der Waals surface area contributed by atoms with Crippen LogP contribution >= 0.6 is 0 Å². The van der Waals surface area contributed by atoms with Gasteiger partial charge in [-0.05, 0) is 31.9 Å². The monoisotopic (exact) mass is 314 g/mol. The van der Waals surface area contributed by atoms with Crippen LogP contribution in [0.4, 0.5) is 0 Å². The number of hydrogen-bond acceptors (Lipinski definition) is 5. The highest BCUT2D eigenvalue weighted by molar-refractivity contribution is 6.52. The molecule has 0 fully saturated rings. The topological polar surface area (TPSA) is 69.7 Å². The van der Waals surface area contributed by atoms with E-state index in [4.69, 9.17) is 9.47 Å². The molecule has 0 spiro atoms. The highest BCUT2D eigenvalue weighted by atomic mass is 16.5. The van der Waals surface area contributed by atoms with E-state index >= 15 is 0 Å². The summed E-state index contributed by atoms with van der Waals surface area (Å²) in [5, 5.41) is 0. The standard InChI is InChI=1S/C18H18O5/c1-4-22-13(19)7-11-8-23-18-10(3)16(20)17(21)14-9(2)5-6-12(11)15(14)18/h5-6,11H,4,7-8H2,1-3H3. The fourth-order valence-corrected chi connectivity index (χ4v) is 3.22. The summed E-state index contributed by atoms with van der Waals surface area (Å²) in [5.41, 5.74) is 3.03. The molecule has 23 heavy (non-hydrogen) atoms. The maximum Gasteiger partial charge on any atom is 0.306 e. The third-order valence-electron chi connectivity index (χ3n) is 4.37. The van der Waals surface area contributed by atoms with E-state index in [1.54, 1.807) is 20.8 Å². The van der Waals surface area contributed by atoms with Crippen LogP contribution in [0.3, 0.4) is 0 Å². The van der Waals surface area contributed by atoms with E-state index in [1.165, 1.54) is 0 Å². The predicted molar refractivity (Wildman–Crippen MR) is 83.1 cm³/mol. The Balaban J connectivity index is 2.12. The summed E-state index contributed by atoms with van der Waals surface area (Å²) in [7, 11) is 0. The van der Waals surface area contributed by atoms with E-state index in [0.29, 0.717) is 35.7 Å². The van der Waals surface area contributed by atoms with Gasteiger partial charge in [0.15, 0.2) is 0 Å². The van der Waals surface area contributed by atoms with Gasteiger partial charge in [-0.15, -0.1) is 0 Å². The summed E-state index contributed by atoms with van der Waals surface area (Å²) in [6.07, 6.45) is 0.192. The Morgan fingerprint density at radius 2 is 1.96 bits per heavy atom. The fourth-order valence-electron chi connectivity index (χ4n) is 3.22. The van der Waals surface area contributed by atoms with Crippen LogP contribution in [-0.4, -0.2) is 30.7 Å². The molecular formula is C18H18O5. The van der Waals surface area contributed by atoms with Gasteiger partial charge in [-0.25, -0.2) is 0 Å². The van der Waals surface area contributed by atoms with Crippen molar-refractivity contribution in [2.75, 3.05) is 13.2 Å². The number of carbonyl (C=O) groups is 3. The number of rotatable bonds is 3. The van der Waals surface area contributed by atoms with E-state index in [0.717, 1.165) is 11.1 Å². The number of carbonyl (C=O) groups excluding carboxylic acids is 3. The van der Waals surface area contributed by atoms with Gasteiger partial charge in [-0.3, -0.25) is 14.4 Å². The molecule has 0 saturated carbocycles. The second kappa shape index (κ2) is 5.65. The van der Waals surface area contributed by atoms with E-state index < -0.39 is 11.6 Å². The van der Waals surface area contributed by atoms with Gasteiger partial charge < -0.3 is 9.47 Å². The minimum atomic E-state index is -0.517. The number of allylic oxidation sites excluding steroid dienone is 1. The maximum atomic E-state index is 12.4. The third kappa shape index (κ3) is 2.36.